The SMILES string of the molecule is CS(=O)(=O)c1ccc(F)c(S(=O)(=O)NCCN=[N+]=[N-])c1. The van der Waals surface area contributed by atoms with E-state index in [1.165, 1.54) is 0 Å². The highest BCUT2D eigenvalue weighted by Gasteiger charge is 2.21. The van der Waals surface area contributed by atoms with E-state index < -0.39 is 30.6 Å². The standard InChI is InChI=1S/C9H11FN4O4S2/c1-19(15,16)7-2-3-8(10)9(6-7)20(17,18)13-5-4-12-14-11/h2-3,6,13H,4-5H2,1H3. The summed E-state index contributed by atoms with van der Waals surface area (Å²) in [7, 11) is -7.88. The van der Waals surface area contributed by atoms with Crippen LogP contribution in [0.15, 0.2) is 33.1 Å². The normalized spacial score (nSPS) is 11.9. The Morgan fingerprint density at radius 1 is 1.35 bits per heavy atom. The van der Waals surface area contributed by atoms with Crippen LogP contribution in [0.1, 0.15) is 0 Å². The van der Waals surface area contributed by atoms with Gasteiger partial charge in [-0.3, -0.25) is 0 Å². The third-order valence-corrected chi connectivity index (χ3v) is 4.77. The molecule has 20 heavy (non-hydrogen) atoms. The molecule has 1 aromatic carbocycles. The molecule has 0 radical (unpaired) electrons. The van der Waals surface area contributed by atoms with Crippen molar-refractivity contribution in [1.29, 1.82) is 0 Å². The molecule has 8 nitrogen and oxygen atoms in total. The number of benzene rings is 1. The molecule has 0 atom stereocenters. The first kappa shape index (κ1) is 16.4. The Morgan fingerprint density at radius 2 is 2.00 bits per heavy atom. The van der Waals surface area contributed by atoms with Gasteiger partial charge in [0.2, 0.25) is 10.0 Å². The van der Waals surface area contributed by atoms with Crippen molar-refractivity contribution in [2.24, 2.45) is 5.11 Å². The largest absolute Gasteiger partial charge is 0.243 e. The van der Waals surface area contributed by atoms with E-state index in [-0.39, 0.29) is 18.0 Å². The summed E-state index contributed by atoms with van der Waals surface area (Å²) in [6.45, 7) is -0.377. The summed E-state index contributed by atoms with van der Waals surface area (Å²) < 4.78 is 61.8. The molecule has 110 valence electrons. The lowest BCUT2D eigenvalue weighted by molar-refractivity contribution is 0.555. The fraction of sp³-hybridized carbons (Fsp3) is 0.333. The quantitative estimate of drug-likeness (QED) is 0.273. The van der Waals surface area contributed by atoms with Crippen molar-refractivity contribution < 1.29 is 21.2 Å². The van der Waals surface area contributed by atoms with Crippen molar-refractivity contribution in [1.82, 2.24) is 4.72 Å². The van der Waals surface area contributed by atoms with Gasteiger partial charge in [-0.05, 0) is 23.7 Å². The molecule has 0 aliphatic heterocycles. The summed E-state index contributed by atoms with van der Waals surface area (Å²) in [6, 6.07) is 2.47. The molecule has 11 heteroatoms. The van der Waals surface area contributed by atoms with E-state index in [0.717, 1.165) is 24.5 Å². The topological polar surface area (TPSA) is 129 Å². The molecule has 0 saturated carbocycles. The number of sulfonamides is 1. The lowest BCUT2D eigenvalue weighted by atomic mass is 10.3. The van der Waals surface area contributed by atoms with Crippen LogP contribution >= 0.6 is 0 Å². The number of halogens is 1. The van der Waals surface area contributed by atoms with Crippen LogP contribution in [0, 0.1) is 5.82 Å². The van der Waals surface area contributed by atoms with Crippen LogP contribution in [0.25, 0.3) is 10.4 Å². The number of nitrogens with one attached hydrogen (secondary N) is 1. The van der Waals surface area contributed by atoms with Crippen LogP contribution in [0.5, 0.6) is 0 Å². The number of rotatable bonds is 6. The monoisotopic (exact) mass is 322 g/mol. The number of sulfone groups is 1. The molecule has 0 aliphatic carbocycles. The lowest BCUT2D eigenvalue weighted by Crippen LogP contribution is -2.27. The van der Waals surface area contributed by atoms with Gasteiger partial charge in [-0.2, -0.15) is 0 Å². The van der Waals surface area contributed by atoms with Gasteiger partial charge < -0.3 is 0 Å². The highest BCUT2D eigenvalue weighted by Crippen LogP contribution is 2.19. The summed E-state index contributed by atoms with van der Waals surface area (Å²) in [6.07, 6.45) is 0.881. The van der Waals surface area contributed by atoms with E-state index in [4.69, 9.17) is 5.53 Å². The number of hydrogen-bond donors (Lipinski definition) is 1. The summed E-state index contributed by atoms with van der Waals surface area (Å²) in [5.41, 5.74) is 8.04. The zero-order valence-electron chi connectivity index (χ0n) is 10.3. The lowest BCUT2D eigenvalue weighted by Gasteiger charge is -2.08. The van der Waals surface area contributed by atoms with Crippen molar-refractivity contribution in [3.63, 3.8) is 0 Å². The predicted molar refractivity (Wildman–Crippen MR) is 68.7 cm³/mol. The summed E-state index contributed by atoms with van der Waals surface area (Å²) in [4.78, 5) is 1.34. The molecule has 1 rings (SSSR count). The van der Waals surface area contributed by atoms with Gasteiger partial charge >= 0.3 is 0 Å². The second-order valence-corrected chi connectivity index (χ2v) is 7.47. The molecule has 0 heterocycles. The molecule has 0 spiro atoms. The molecule has 0 aliphatic rings. The summed E-state index contributed by atoms with van der Waals surface area (Å²) in [5, 5.41) is 3.11. The van der Waals surface area contributed by atoms with Crippen molar-refractivity contribution >= 4 is 19.9 Å². The Kier molecular flexibility index (Phi) is 5.06. The molecule has 0 bridgehead atoms. The molecule has 1 N–H and O–H groups in total. The van der Waals surface area contributed by atoms with E-state index in [2.05, 4.69) is 10.0 Å². The second-order valence-electron chi connectivity index (χ2n) is 3.72. The molecule has 0 saturated heterocycles. The van der Waals surface area contributed by atoms with Gasteiger partial charge in [0.1, 0.15) is 10.7 Å². The van der Waals surface area contributed by atoms with E-state index in [1.54, 1.807) is 0 Å². The minimum atomic E-state index is -4.23. The van der Waals surface area contributed by atoms with Gasteiger partial charge in [0.25, 0.3) is 0 Å². The Hall–Kier alpha value is -1.68. The van der Waals surface area contributed by atoms with Gasteiger partial charge in [-0.25, -0.2) is 25.9 Å². The Bertz CT molecular complexity index is 754. The van der Waals surface area contributed by atoms with Crippen molar-refractivity contribution in [2.45, 2.75) is 9.79 Å². The zero-order valence-corrected chi connectivity index (χ0v) is 11.9. The van der Waals surface area contributed by atoms with Crippen LogP contribution < -0.4 is 4.72 Å². The summed E-state index contributed by atoms with van der Waals surface area (Å²) >= 11 is 0. The molecule has 1 aromatic rings. The molecule has 0 fully saturated rings. The van der Waals surface area contributed by atoms with Crippen LogP contribution in [0.4, 0.5) is 4.39 Å². The minimum Gasteiger partial charge on any atom is -0.224 e. The second kappa shape index (κ2) is 6.18. The Labute approximate surface area is 115 Å². The van der Waals surface area contributed by atoms with Gasteiger partial charge in [0.05, 0.1) is 4.90 Å². The molecule has 0 unspecified atom stereocenters. The number of hydrogen-bond acceptors (Lipinski definition) is 5. The van der Waals surface area contributed by atoms with Crippen LogP contribution in [0.2, 0.25) is 0 Å². The Balaban J connectivity index is 3.14. The first-order chi connectivity index (χ1) is 9.18. The van der Waals surface area contributed by atoms with Crippen LogP contribution in [-0.4, -0.2) is 36.2 Å². The minimum absolute atomic E-state index is 0.150. The third-order valence-electron chi connectivity index (χ3n) is 2.19. The van der Waals surface area contributed by atoms with E-state index in [9.17, 15) is 21.2 Å². The number of nitrogens with zero attached hydrogens (tertiary/aromatic N) is 3. The first-order valence-electron chi connectivity index (χ1n) is 5.18. The van der Waals surface area contributed by atoms with Gasteiger partial charge in [-0.15, -0.1) is 0 Å². The highest BCUT2D eigenvalue weighted by atomic mass is 32.2. The van der Waals surface area contributed by atoms with Crippen LogP contribution in [-0.2, 0) is 19.9 Å². The number of azide groups is 1. The fourth-order valence-electron chi connectivity index (χ4n) is 1.27. The first-order valence-corrected chi connectivity index (χ1v) is 8.56. The zero-order chi connectivity index (χ0) is 15.4. The van der Waals surface area contributed by atoms with Crippen molar-refractivity contribution in [3.05, 3.63) is 34.5 Å². The maximum Gasteiger partial charge on any atom is 0.243 e. The third kappa shape index (κ3) is 4.17. The predicted octanol–water partition coefficient (Wildman–Crippen LogP) is 0.818. The Morgan fingerprint density at radius 3 is 2.55 bits per heavy atom. The van der Waals surface area contributed by atoms with Crippen molar-refractivity contribution in [3.8, 4) is 0 Å². The average molecular weight is 322 g/mol. The van der Waals surface area contributed by atoms with Gasteiger partial charge in [-0.1, -0.05) is 5.11 Å². The van der Waals surface area contributed by atoms with Gasteiger partial charge in [0.15, 0.2) is 9.84 Å². The average Bonchev–Trinajstić information content (AvgIpc) is 2.33. The smallest absolute Gasteiger partial charge is 0.224 e. The maximum atomic E-state index is 13.5. The molecule has 0 amide bonds. The van der Waals surface area contributed by atoms with E-state index >= 15 is 0 Å². The van der Waals surface area contributed by atoms with E-state index in [1.807, 2.05) is 4.72 Å². The maximum absolute atomic E-state index is 13.5. The summed E-state index contributed by atoms with van der Waals surface area (Å²) in [5.74, 6) is -1.08. The molecule has 0 aromatic heterocycles. The molecular weight excluding hydrogens is 311 g/mol. The highest BCUT2D eigenvalue weighted by molar-refractivity contribution is 7.91. The van der Waals surface area contributed by atoms with Gasteiger partial charge in [0, 0.05) is 24.3 Å². The fourth-order valence-corrected chi connectivity index (χ4v) is 3.12. The molecular formula is C9H11FN4O4S2. The van der Waals surface area contributed by atoms with Crippen LogP contribution in [0.3, 0.4) is 0 Å². The van der Waals surface area contributed by atoms with Crippen molar-refractivity contribution in [2.75, 3.05) is 19.3 Å². The van der Waals surface area contributed by atoms with E-state index in [0.29, 0.717) is 0 Å².